The predicted molar refractivity (Wildman–Crippen MR) is 59.9 cm³/mol. The average Bonchev–Trinajstić information content (AvgIpc) is 2.69. The largest absolute Gasteiger partial charge is 0.724 e. The van der Waals surface area contributed by atoms with Crippen LogP contribution in [0.25, 0.3) is 5.41 Å². The number of hydrogen-bond acceptors (Lipinski definition) is 2. The number of rotatable bonds is 5. The fourth-order valence-electron chi connectivity index (χ4n) is 1.95. The van der Waals surface area contributed by atoms with Crippen LogP contribution in [0.3, 0.4) is 0 Å². The molecule has 0 amide bonds. The molecule has 0 aromatic heterocycles. The Morgan fingerprint density at radius 1 is 1.33 bits per heavy atom. The molecule has 1 aliphatic rings. The van der Waals surface area contributed by atoms with Crippen molar-refractivity contribution >= 4 is 6.08 Å². The fraction of sp³-hybridized carbons (Fsp3) is 0.909. The van der Waals surface area contributed by atoms with Crippen molar-refractivity contribution in [1.29, 1.82) is 0 Å². The van der Waals surface area contributed by atoms with Gasteiger partial charge in [0.2, 0.25) is 0 Å². The molecule has 88 valence electrons. The zero-order chi connectivity index (χ0) is 11.6. The van der Waals surface area contributed by atoms with Crippen molar-refractivity contribution in [2.45, 2.75) is 33.1 Å². The van der Waals surface area contributed by atoms with Crippen LogP contribution in [0.5, 0.6) is 0 Å². The number of hydrogen-bond donors (Lipinski definition) is 0. The van der Waals surface area contributed by atoms with E-state index in [-0.39, 0.29) is 0 Å². The third kappa shape index (κ3) is 5.67. The van der Waals surface area contributed by atoms with Gasteiger partial charge in [0.15, 0.2) is 6.73 Å². The van der Waals surface area contributed by atoms with E-state index in [1.54, 1.807) is 0 Å². The van der Waals surface area contributed by atoms with E-state index in [1.807, 2.05) is 0 Å². The van der Waals surface area contributed by atoms with Crippen LogP contribution in [-0.4, -0.2) is 43.5 Å². The lowest BCUT2D eigenvalue weighted by atomic mass is 10.4. The van der Waals surface area contributed by atoms with Gasteiger partial charge in [-0.1, -0.05) is 6.92 Å². The second-order valence-electron chi connectivity index (χ2n) is 3.94. The van der Waals surface area contributed by atoms with Crippen LogP contribution in [0.15, 0.2) is 0 Å². The highest BCUT2D eigenvalue weighted by molar-refractivity contribution is 5.36. The highest BCUT2D eigenvalue weighted by Crippen LogP contribution is 2.18. The zero-order valence-electron chi connectivity index (χ0n) is 9.87. The van der Waals surface area contributed by atoms with Crippen molar-refractivity contribution in [3.63, 3.8) is 0 Å². The van der Waals surface area contributed by atoms with Crippen molar-refractivity contribution in [3.05, 3.63) is 5.41 Å². The van der Waals surface area contributed by atoms with Crippen molar-refractivity contribution < 1.29 is 14.0 Å². The number of likely N-dealkylation sites (tertiary alicyclic amines) is 1. The summed E-state index contributed by atoms with van der Waals surface area (Å²) in [7, 11) is 0. The van der Waals surface area contributed by atoms with E-state index in [0.717, 1.165) is 19.8 Å². The number of carbonyl (C=O) groups excluding carboxylic acids is 1. The molecule has 0 aromatic carbocycles. The lowest BCUT2D eigenvalue weighted by molar-refractivity contribution is -0.933. The zero-order valence-corrected chi connectivity index (χ0v) is 9.87. The third-order valence-corrected chi connectivity index (χ3v) is 2.90. The van der Waals surface area contributed by atoms with Gasteiger partial charge in [-0.25, -0.2) is 0 Å². The Bertz CT molecular complexity index is 183. The monoisotopic (exact) mass is 214 g/mol. The highest BCUT2D eigenvalue weighted by atomic mass is 16.5. The summed E-state index contributed by atoms with van der Waals surface area (Å²) in [6, 6.07) is 0. The molecule has 4 nitrogen and oxygen atoms in total. The van der Waals surface area contributed by atoms with Crippen LogP contribution in [0.1, 0.15) is 33.1 Å². The fourth-order valence-corrected chi connectivity index (χ4v) is 1.95. The maximum Gasteiger partial charge on any atom is 0.183 e. The van der Waals surface area contributed by atoms with Crippen LogP contribution in [0.2, 0.25) is 0 Å². The summed E-state index contributed by atoms with van der Waals surface area (Å²) in [6.07, 6.45) is 4.43. The Balaban J connectivity index is 0.000000583. The molecule has 0 bridgehead atoms. The quantitative estimate of drug-likeness (QED) is 0.304. The van der Waals surface area contributed by atoms with Crippen LogP contribution in [-0.2, 0) is 9.53 Å². The van der Waals surface area contributed by atoms with Crippen molar-refractivity contribution in [1.82, 2.24) is 0 Å². The van der Waals surface area contributed by atoms with E-state index in [2.05, 4.69) is 13.8 Å². The molecule has 0 unspecified atom stereocenters. The van der Waals surface area contributed by atoms with Gasteiger partial charge in [-0.2, -0.15) is 0 Å². The van der Waals surface area contributed by atoms with Gasteiger partial charge in [0.25, 0.3) is 0 Å². The average molecular weight is 214 g/mol. The SMILES string of the molecule is CCCOC[N+]1(CC)CCCC1.[N-]=C=O. The molecule has 1 heterocycles. The number of ether oxygens (including phenoxy) is 1. The lowest BCUT2D eigenvalue weighted by Gasteiger charge is -2.32. The maximum atomic E-state index is 8.24. The van der Waals surface area contributed by atoms with Gasteiger partial charge in [-0.05, 0) is 19.4 Å². The number of isocyanates is 1. The molecular weight excluding hydrogens is 192 g/mol. The molecule has 4 heteroatoms. The number of nitrogens with zero attached hydrogens (tertiary/aromatic N) is 2. The topological polar surface area (TPSA) is 48.6 Å². The van der Waals surface area contributed by atoms with Gasteiger partial charge in [-0.15, -0.1) is 0 Å². The van der Waals surface area contributed by atoms with Crippen LogP contribution >= 0.6 is 0 Å². The Morgan fingerprint density at radius 2 is 1.87 bits per heavy atom. The van der Waals surface area contributed by atoms with E-state index >= 15 is 0 Å². The molecule has 0 aromatic rings. The molecular formula is C11H22N2O2. The van der Waals surface area contributed by atoms with Gasteiger partial charge >= 0.3 is 0 Å². The maximum absolute atomic E-state index is 8.24. The molecule has 1 fully saturated rings. The molecule has 0 N–H and O–H groups in total. The minimum absolute atomic E-state index is 0.500. The van der Waals surface area contributed by atoms with E-state index < -0.39 is 0 Å². The molecule has 0 aliphatic carbocycles. The summed E-state index contributed by atoms with van der Waals surface area (Å²) >= 11 is 0. The summed E-state index contributed by atoms with van der Waals surface area (Å²) in [6.45, 7) is 10.2. The first-order chi connectivity index (χ1) is 7.24. The van der Waals surface area contributed by atoms with E-state index in [0.29, 0.717) is 6.08 Å². The highest BCUT2D eigenvalue weighted by Gasteiger charge is 2.29. The molecule has 1 aliphatic heterocycles. The summed E-state index contributed by atoms with van der Waals surface area (Å²) < 4.78 is 6.84. The van der Waals surface area contributed by atoms with Crippen LogP contribution in [0, 0.1) is 0 Å². The third-order valence-electron chi connectivity index (χ3n) is 2.90. The van der Waals surface area contributed by atoms with Crippen LogP contribution in [0.4, 0.5) is 0 Å². The van der Waals surface area contributed by atoms with Crippen molar-refractivity contribution in [2.75, 3.05) is 33.0 Å². The van der Waals surface area contributed by atoms with E-state index in [9.17, 15) is 0 Å². The standard InChI is InChI=1S/C10H22NO.CNO/c1-3-9-12-10-11(4-2)7-5-6-8-11;2-1-3/h3-10H2,1-2H3;/q+1;-1. The second kappa shape index (κ2) is 8.60. The van der Waals surface area contributed by atoms with Gasteiger partial charge in [0.1, 0.15) is 0 Å². The summed E-state index contributed by atoms with van der Waals surface area (Å²) in [4.78, 5) is 8.24. The van der Waals surface area contributed by atoms with Gasteiger partial charge in [0, 0.05) is 12.8 Å². The van der Waals surface area contributed by atoms with E-state index in [4.69, 9.17) is 14.9 Å². The Labute approximate surface area is 92.3 Å². The lowest BCUT2D eigenvalue weighted by Crippen LogP contribution is -2.46. The minimum atomic E-state index is 0.500. The van der Waals surface area contributed by atoms with Crippen molar-refractivity contribution in [2.24, 2.45) is 0 Å². The molecule has 0 radical (unpaired) electrons. The normalized spacial score (nSPS) is 17.7. The summed E-state index contributed by atoms with van der Waals surface area (Å²) in [5.74, 6) is 0. The van der Waals surface area contributed by atoms with E-state index in [1.165, 1.54) is 37.0 Å². The smallest absolute Gasteiger partial charge is 0.183 e. The van der Waals surface area contributed by atoms with Gasteiger partial charge in [0.05, 0.1) is 26.2 Å². The Kier molecular flexibility index (Phi) is 8.19. The molecule has 1 rings (SSSR count). The van der Waals surface area contributed by atoms with Gasteiger partial charge in [-0.3, -0.25) is 4.79 Å². The summed E-state index contributed by atoms with van der Waals surface area (Å²) in [5, 5.41) is 6.76. The molecule has 0 saturated carbocycles. The van der Waals surface area contributed by atoms with Crippen LogP contribution < -0.4 is 0 Å². The molecule has 0 spiro atoms. The first kappa shape index (κ1) is 14.3. The molecule has 0 atom stereocenters. The van der Waals surface area contributed by atoms with Crippen molar-refractivity contribution in [3.8, 4) is 0 Å². The molecule has 1 saturated heterocycles. The Morgan fingerprint density at radius 3 is 2.27 bits per heavy atom. The first-order valence-corrected chi connectivity index (χ1v) is 5.68. The second-order valence-corrected chi connectivity index (χ2v) is 3.94. The summed E-state index contributed by atoms with van der Waals surface area (Å²) in [5.41, 5.74) is 0. The Hall–Kier alpha value is -0.700. The minimum Gasteiger partial charge on any atom is -0.724 e. The van der Waals surface area contributed by atoms with Gasteiger partial charge < -0.3 is 14.6 Å². The number of quaternary nitrogens is 1. The molecule has 15 heavy (non-hydrogen) atoms. The predicted octanol–water partition coefficient (Wildman–Crippen LogP) is 1.89. The first-order valence-electron chi connectivity index (χ1n) is 5.68.